The number of carbonyl (C=O) groups is 1. The van der Waals surface area contributed by atoms with Crippen LogP contribution in [0, 0.1) is 5.41 Å². The molecular weight excluding hydrogens is 262 g/mol. The van der Waals surface area contributed by atoms with Crippen molar-refractivity contribution < 1.29 is 4.79 Å². The standard InChI is InChI=1S/C14H25N3O.ClH/c1-14(5-6-15-10-14)11-16-8-4-12(9-16)17-7-2-3-13(17)18;/h12,15H,2-11H2,1H3;1H. The Morgan fingerprint density at radius 3 is 2.89 bits per heavy atom. The second-order valence-corrected chi connectivity index (χ2v) is 6.61. The van der Waals surface area contributed by atoms with Crippen molar-refractivity contribution in [3.63, 3.8) is 0 Å². The van der Waals surface area contributed by atoms with Crippen molar-refractivity contribution >= 4 is 18.3 Å². The van der Waals surface area contributed by atoms with Crippen LogP contribution in [0.2, 0.25) is 0 Å². The summed E-state index contributed by atoms with van der Waals surface area (Å²) in [5, 5.41) is 3.47. The van der Waals surface area contributed by atoms with Crippen LogP contribution in [0.4, 0.5) is 0 Å². The number of nitrogens with one attached hydrogen (secondary N) is 1. The topological polar surface area (TPSA) is 35.6 Å². The molecule has 1 amide bonds. The highest BCUT2D eigenvalue weighted by Gasteiger charge is 2.37. The summed E-state index contributed by atoms with van der Waals surface area (Å²) in [4.78, 5) is 16.5. The maximum atomic E-state index is 11.8. The lowest BCUT2D eigenvalue weighted by Crippen LogP contribution is -2.41. The van der Waals surface area contributed by atoms with E-state index in [0.29, 0.717) is 17.4 Å². The third-order valence-electron chi connectivity index (χ3n) is 4.86. The highest BCUT2D eigenvalue weighted by atomic mass is 35.5. The van der Waals surface area contributed by atoms with Gasteiger partial charge in [-0.3, -0.25) is 4.79 Å². The van der Waals surface area contributed by atoms with Crippen molar-refractivity contribution in [2.75, 3.05) is 39.3 Å². The number of nitrogens with zero attached hydrogens (tertiary/aromatic N) is 2. The van der Waals surface area contributed by atoms with Crippen LogP contribution in [0.5, 0.6) is 0 Å². The first kappa shape index (κ1) is 15.1. The van der Waals surface area contributed by atoms with E-state index in [1.54, 1.807) is 0 Å². The molecule has 2 atom stereocenters. The average molecular weight is 288 g/mol. The summed E-state index contributed by atoms with van der Waals surface area (Å²) in [5.41, 5.74) is 0.448. The van der Waals surface area contributed by atoms with E-state index in [1.165, 1.54) is 32.5 Å². The highest BCUT2D eigenvalue weighted by Crippen LogP contribution is 2.29. The summed E-state index contributed by atoms with van der Waals surface area (Å²) >= 11 is 0. The van der Waals surface area contributed by atoms with E-state index in [4.69, 9.17) is 0 Å². The Bertz CT molecular complexity index is 331. The molecule has 0 aliphatic carbocycles. The first-order valence-corrected chi connectivity index (χ1v) is 7.39. The number of hydrogen-bond acceptors (Lipinski definition) is 3. The number of rotatable bonds is 3. The fraction of sp³-hybridized carbons (Fsp3) is 0.929. The SMILES string of the molecule is CC1(CN2CCC(N3CCCC3=O)C2)CCNC1.Cl. The zero-order chi connectivity index (χ0) is 12.6. The summed E-state index contributed by atoms with van der Waals surface area (Å²) in [6.07, 6.45) is 4.31. The Labute approximate surface area is 122 Å². The first-order valence-electron chi connectivity index (χ1n) is 7.39. The van der Waals surface area contributed by atoms with E-state index < -0.39 is 0 Å². The van der Waals surface area contributed by atoms with Crippen LogP contribution >= 0.6 is 12.4 Å². The van der Waals surface area contributed by atoms with E-state index in [1.807, 2.05) is 0 Å². The van der Waals surface area contributed by atoms with Gasteiger partial charge in [0.15, 0.2) is 0 Å². The molecule has 0 aromatic rings. The number of carbonyl (C=O) groups excluding carboxylic acids is 1. The maximum Gasteiger partial charge on any atom is 0.222 e. The molecule has 0 bridgehead atoms. The summed E-state index contributed by atoms with van der Waals surface area (Å²) in [7, 11) is 0. The third-order valence-corrected chi connectivity index (χ3v) is 4.86. The minimum Gasteiger partial charge on any atom is -0.338 e. The Kier molecular flexibility index (Phi) is 4.75. The predicted octanol–water partition coefficient (Wildman–Crippen LogP) is 1.10. The average Bonchev–Trinajstić information content (AvgIpc) is 3.01. The van der Waals surface area contributed by atoms with Gasteiger partial charge in [-0.15, -0.1) is 12.4 Å². The largest absolute Gasteiger partial charge is 0.338 e. The van der Waals surface area contributed by atoms with Crippen molar-refractivity contribution in [1.29, 1.82) is 0 Å². The van der Waals surface area contributed by atoms with Gasteiger partial charge in [0.1, 0.15) is 0 Å². The minimum absolute atomic E-state index is 0. The number of amides is 1. The number of hydrogen-bond donors (Lipinski definition) is 1. The van der Waals surface area contributed by atoms with E-state index >= 15 is 0 Å². The van der Waals surface area contributed by atoms with Gasteiger partial charge in [-0.2, -0.15) is 0 Å². The van der Waals surface area contributed by atoms with Crippen molar-refractivity contribution in [2.24, 2.45) is 5.41 Å². The molecule has 3 aliphatic heterocycles. The van der Waals surface area contributed by atoms with E-state index in [9.17, 15) is 4.79 Å². The van der Waals surface area contributed by atoms with Crippen LogP contribution in [-0.2, 0) is 4.79 Å². The molecule has 3 aliphatic rings. The van der Waals surface area contributed by atoms with Crippen LogP contribution in [0.3, 0.4) is 0 Å². The van der Waals surface area contributed by atoms with E-state index in [0.717, 1.165) is 32.5 Å². The molecular formula is C14H26ClN3O. The van der Waals surface area contributed by atoms with Gasteiger partial charge in [0.05, 0.1) is 0 Å². The Morgan fingerprint density at radius 1 is 1.42 bits per heavy atom. The highest BCUT2D eigenvalue weighted by molar-refractivity contribution is 5.85. The summed E-state index contributed by atoms with van der Waals surface area (Å²) in [6.45, 7) is 9.16. The molecule has 1 N–H and O–H groups in total. The van der Waals surface area contributed by atoms with Gasteiger partial charge in [-0.25, -0.2) is 0 Å². The monoisotopic (exact) mass is 287 g/mol. The molecule has 3 rings (SSSR count). The normalized spacial score (nSPS) is 35.9. The molecule has 19 heavy (non-hydrogen) atoms. The lowest BCUT2D eigenvalue weighted by Gasteiger charge is -2.30. The second-order valence-electron chi connectivity index (χ2n) is 6.61. The molecule has 0 spiro atoms. The van der Waals surface area contributed by atoms with Crippen LogP contribution in [-0.4, -0.2) is 61.0 Å². The number of halogens is 1. The molecule has 3 heterocycles. The van der Waals surface area contributed by atoms with Crippen LogP contribution < -0.4 is 5.32 Å². The molecule has 3 fully saturated rings. The molecule has 4 nitrogen and oxygen atoms in total. The van der Waals surface area contributed by atoms with E-state index in [-0.39, 0.29) is 12.4 Å². The van der Waals surface area contributed by atoms with Crippen molar-refractivity contribution in [2.45, 2.75) is 38.6 Å². The molecule has 0 aromatic carbocycles. The molecule has 3 saturated heterocycles. The fourth-order valence-electron chi connectivity index (χ4n) is 3.81. The zero-order valence-electron chi connectivity index (χ0n) is 11.9. The first-order chi connectivity index (χ1) is 8.66. The molecule has 110 valence electrons. The Balaban J connectivity index is 0.00000133. The number of likely N-dealkylation sites (tertiary alicyclic amines) is 2. The van der Waals surface area contributed by atoms with Gasteiger partial charge in [0.25, 0.3) is 0 Å². The van der Waals surface area contributed by atoms with Gasteiger partial charge in [-0.1, -0.05) is 6.92 Å². The minimum atomic E-state index is 0. The lowest BCUT2D eigenvalue weighted by atomic mass is 9.89. The molecule has 0 saturated carbocycles. The summed E-state index contributed by atoms with van der Waals surface area (Å²) < 4.78 is 0. The summed E-state index contributed by atoms with van der Waals surface area (Å²) in [5.74, 6) is 0.385. The van der Waals surface area contributed by atoms with Gasteiger partial charge in [0.2, 0.25) is 5.91 Å². The molecule has 0 radical (unpaired) electrons. The molecule has 5 heteroatoms. The summed E-state index contributed by atoms with van der Waals surface area (Å²) in [6, 6.07) is 0.498. The van der Waals surface area contributed by atoms with Crippen LogP contribution in [0.25, 0.3) is 0 Å². The smallest absolute Gasteiger partial charge is 0.222 e. The van der Waals surface area contributed by atoms with Gasteiger partial charge in [-0.05, 0) is 31.2 Å². The quantitative estimate of drug-likeness (QED) is 0.844. The van der Waals surface area contributed by atoms with Crippen molar-refractivity contribution in [1.82, 2.24) is 15.1 Å². The lowest BCUT2D eigenvalue weighted by molar-refractivity contribution is -0.129. The third kappa shape index (κ3) is 3.23. The zero-order valence-corrected chi connectivity index (χ0v) is 12.7. The second kappa shape index (κ2) is 5.98. The maximum absolute atomic E-state index is 11.8. The van der Waals surface area contributed by atoms with Gasteiger partial charge >= 0.3 is 0 Å². The van der Waals surface area contributed by atoms with Crippen LogP contribution in [0.15, 0.2) is 0 Å². The molecule has 2 unspecified atom stereocenters. The Hall–Kier alpha value is -0.320. The fourth-order valence-corrected chi connectivity index (χ4v) is 3.81. The van der Waals surface area contributed by atoms with Crippen LogP contribution in [0.1, 0.15) is 32.6 Å². The van der Waals surface area contributed by atoms with Crippen molar-refractivity contribution in [3.8, 4) is 0 Å². The van der Waals surface area contributed by atoms with Gasteiger partial charge in [0, 0.05) is 45.2 Å². The van der Waals surface area contributed by atoms with Gasteiger partial charge < -0.3 is 15.1 Å². The predicted molar refractivity (Wildman–Crippen MR) is 78.6 cm³/mol. The molecule has 0 aromatic heterocycles. The van der Waals surface area contributed by atoms with E-state index in [2.05, 4.69) is 22.0 Å². The van der Waals surface area contributed by atoms with Crippen molar-refractivity contribution in [3.05, 3.63) is 0 Å². The Morgan fingerprint density at radius 2 is 2.26 bits per heavy atom.